The molecule has 0 atom stereocenters. The van der Waals surface area contributed by atoms with Crippen molar-refractivity contribution in [3.05, 3.63) is 120 Å². The van der Waals surface area contributed by atoms with E-state index in [9.17, 15) is 4.79 Å². The molecule has 4 aromatic carbocycles. The highest BCUT2D eigenvalue weighted by Crippen LogP contribution is 2.28. The van der Waals surface area contributed by atoms with E-state index in [0.717, 1.165) is 33.5 Å². The second-order valence-corrected chi connectivity index (χ2v) is 7.31. The van der Waals surface area contributed by atoms with Crippen LogP contribution < -0.4 is 5.32 Å². The number of nitrogens with one attached hydrogen (secondary N) is 1. The predicted octanol–water partition coefficient (Wildman–Crippen LogP) is 6.27. The minimum atomic E-state index is -0.390. The van der Waals surface area contributed by atoms with E-state index in [0.29, 0.717) is 5.89 Å². The Morgan fingerprint density at radius 2 is 1.29 bits per heavy atom. The quantitative estimate of drug-likeness (QED) is 0.376. The number of nitrogens with zero attached hydrogens (tertiary/aromatic N) is 1. The Labute approximate surface area is 180 Å². The van der Waals surface area contributed by atoms with Crippen LogP contribution in [0.3, 0.4) is 0 Å². The fraction of sp³-hybridized carbons (Fsp3) is 0.0370. The molecule has 0 saturated heterocycles. The second-order valence-electron chi connectivity index (χ2n) is 7.31. The molecule has 0 fully saturated rings. The van der Waals surface area contributed by atoms with Crippen LogP contribution in [0.15, 0.2) is 114 Å². The van der Waals surface area contributed by atoms with Gasteiger partial charge in [0.2, 0.25) is 11.8 Å². The molecule has 0 radical (unpaired) electrons. The highest BCUT2D eigenvalue weighted by Gasteiger charge is 2.22. The molecule has 1 N–H and O–H groups in total. The standard InChI is InChI=1S/C27H20N2O2/c30-26(25(19-9-3-1-4-10-19)20-11-5-2-6-12-20)28-22-17-15-21(16-18-22)27-29-23-13-7-8-14-24(23)31-27/h1-18,25H,(H,28,30). The lowest BCUT2D eigenvalue weighted by atomic mass is 9.90. The Hall–Kier alpha value is -4.18. The zero-order chi connectivity index (χ0) is 21.0. The van der Waals surface area contributed by atoms with E-state index in [4.69, 9.17) is 4.42 Å². The van der Waals surface area contributed by atoms with E-state index >= 15 is 0 Å². The lowest BCUT2D eigenvalue weighted by molar-refractivity contribution is -0.116. The van der Waals surface area contributed by atoms with Crippen LogP contribution in [0.25, 0.3) is 22.6 Å². The van der Waals surface area contributed by atoms with E-state index < -0.39 is 0 Å². The van der Waals surface area contributed by atoms with Crippen molar-refractivity contribution in [2.75, 3.05) is 5.32 Å². The summed E-state index contributed by atoms with van der Waals surface area (Å²) < 4.78 is 5.83. The Morgan fingerprint density at radius 3 is 1.90 bits per heavy atom. The number of carbonyl (C=O) groups excluding carboxylic acids is 1. The van der Waals surface area contributed by atoms with Crippen molar-refractivity contribution in [2.24, 2.45) is 0 Å². The highest BCUT2D eigenvalue weighted by atomic mass is 16.3. The molecule has 0 unspecified atom stereocenters. The maximum atomic E-state index is 13.2. The van der Waals surface area contributed by atoms with Gasteiger partial charge < -0.3 is 9.73 Å². The SMILES string of the molecule is O=C(Nc1ccc(-c2nc3ccccc3o2)cc1)C(c1ccccc1)c1ccccc1. The van der Waals surface area contributed by atoms with Gasteiger partial charge in [-0.1, -0.05) is 72.8 Å². The van der Waals surface area contributed by atoms with Crippen LogP contribution in [0.1, 0.15) is 17.0 Å². The van der Waals surface area contributed by atoms with Gasteiger partial charge in [-0.2, -0.15) is 0 Å². The molecule has 0 bridgehead atoms. The van der Waals surface area contributed by atoms with E-state index in [-0.39, 0.29) is 11.8 Å². The zero-order valence-electron chi connectivity index (χ0n) is 16.7. The summed E-state index contributed by atoms with van der Waals surface area (Å²) in [7, 11) is 0. The molecule has 4 heteroatoms. The van der Waals surface area contributed by atoms with Gasteiger partial charge in [0.25, 0.3) is 0 Å². The van der Waals surface area contributed by atoms with Crippen LogP contribution in [-0.4, -0.2) is 10.9 Å². The summed E-state index contributed by atoms with van der Waals surface area (Å²) in [6.07, 6.45) is 0. The molecule has 0 spiro atoms. The zero-order valence-corrected chi connectivity index (χ0v) is 16.7. The van der Waals surface area contributed by atoms with Gasteiger partial charge >= 0.3 is 0 Å². The topological polar surface area (TPSA) is 55.1 Å². The predicted molar refractivity (Wildman–Crippen MR) is 123 cm³/mol. The average Bonchev–Trinajstić information content (AvgIpc) is 3.25. The smallest absolute Gasteiger partial charge is 0.236 e. The molecule has 0 aliphatic heterocycles. The van der Waals surface area contributed by atoms with E-state index in [2.05, 4.69) is 10.3 Å². The number of para-hydroxylation sites is 2. The first-order chi connectivity index (χ1) is 15.3. The summed E-state index contributed by atoms with van der Waals surface area (Å²) in [4.78, 5) is 17.8. The molecular formula is C27H20N2O2. The van der Waals surface area contributed by atoms with E-state index in [1.165, 1.54) is 0 Å². The van der Waals surface area contributed by atoms with Crippen LogP contribution in [0.2, 0.25) is 0 Å². The van der Waals surface area contributed by atoms with Gasteiger partial charge in [-0.05, 0) is 47.5 Å². The summed E-state index contributed by atoms with van der Waals surface area (Å²) in [5.74, 6) is 0.0941. The van der Waals surface area contributed by atoms with Gasteiger partial charge in [-0.15, -0.1) is 0 Å². The number of anilines is 1. The number of benzene rings is 4. The molecule has 31 heavy (non-hydrogen) atoms. The molecule has 0 aliphatic rings. The Bertz CT molecular complexity index is 1240. The van der Waals surface area contributed by atoms with Gasteiger partial charge in [0, 0.05) is 11.3 Å². The number of fused-ring (bicyclic) bond motifs is 1. The van der Waals surface area contributed by atoms with Crippen molar-refractivity contribution in [3.63, 3.8) is 0 Å². The minimum Gasteiger partial charge on any atom is -0.436 e. The van der Waals surface area contributed by atoms with Crippen LogP contribution in [0.4, 0.5) is 5.69 Å². The van der Waals surface area contributed by atoms with Crippen molar-refractivity contribution >= 4 is 22.7 Å². The van der Waals surface area contributed by atoms with Crippen LogP contribution in [0.5, 0.6) is 0 Å². The van der Waals surface area contributed by atoms with Gasteiger partial charge in [0.1, 0.15) is 5.52 Å². The Kier molecular flexibility index (Phi) is 5.03. The molecule has 0 aliphatic carbocycles. The third-order valence-corrected chi connectivity index (χ3v) is 5.22. The van der Waals surface area contributed by atoms with Crippen molar-refractivity contribution in [1.82, 2.24) is 4.98 Å². The number of amides is 1. The van der Waals surface area contributed by atoms with Crippen LogP contribution >= 0.6 is 0 Å². The minimum absolute atomic E-state index is 0.0768. The lowest BCUT2D eigenvalue weighted by Gasteiger charge is -2.18. The molecule has 1 heterocycles. The molecule has 1 amide bonds. The van der Waals surface area contributed by atoms with Crippen molar-refractivity contribution < 1.29 is 9.21 Å². The molecule has 1 aromatic heterocycles. The Morgan fingerprint density at radius 1 is 0.710 bits per heavy atom. The molecule has 150 valence electrons. The lowest BCUT2D eigenvalue weighted by Crippen LogP contribution is -2.22. The largest absolute Gasteiger partial charge is 0.436 e. The molecule has 5 rings (SSSR count). The average molecular weight is 404 g/mol. The molecule has 0 saturated carbocycles. The molecular weight excluding hydrogens is 384 g/mol. The van der Waals surface area contributed by atoms with Crippen molar-refractivity contribution in [3.8, 4) is 11.5 Å². The fourth-order valence-corrected chi connectivity index (χ4v) is 3.69. The maximum absolute atomic E-state index is 13.2. The first kappa shape index (κ1) is 18.8. The molecule has 4 nitrogen and oxygen atoms in total. The van der Waals surface area contributed by atoms with Gasteiger partial charge in [0.05, 0.1) is 5.92 Å². The van der Waals surface area contributed by atoms with Crippen molar-refractivity contribution in [2.45, 2.75) is 5.92 Å². The normalized spacial score (nSPS) is 11.0. The highest BCUT2D eigenvalue weighted by molar-refractivity contribution is 5.98. The van der Waals surface area contributed by atoms with Gasteiger partial charge in [-0.25, -0.2) is 4.98 Å². The maximum Gasteiger partial charge on any atom is 0.236 e. The molecule has 5 aromatic rings. The fourth-order valence-electron chi connectivity index (χ4n) is 3.69. The van der Waals surface area contributed by atoms with Crippen LogP contribution in [-0.2, 0) is 4.79 Å². The number of hydrogen-bond donors (Lipinski definition) is 1. The number of carbonyl (C=O) groups is 1. The van der Waals surface area contributed by atoms with Crippen molar-refractivity contribution in [1.29, 1.82) is 0 Å². The first-order valence-electron chi connectivity index (χ1n) is 10.1. The number of hydrogen-bond acceptors (Lipinski definition) is 3. The summed E-state index contributed by atoms with van der Waals surface area (Å²) in [6, 6.07) is 34.9. The summed E-state index contributed by atoms with van der Waals surface area (Å²) in [6.45, 7) is 0. The van der Waals surface area contributed by atoms with E-state index in [1.54, 1.807) is 0 Å². The summed E-state index contributed by atoms with van der Waals surface area (Å²) >= 11 is 0. The number of aromatic nitrogens is 1. The number of rotatable bonds is 5. The summed E-state index contributed by atoms with van der Waals surface area (Å²) in [5, 5.41) is 3.05. The third-order valence-electron chi connectivity index (χ3n) is 5.22. The summed E-state index contributed by atoms with van der Waals surface area (Å²) in [5.41, 5.74) is 5.06. The van der Waals surface area contributed by atoms with E-state index in [1.807, 2.05) is 109 Å². The van der Waals surface area contributed by atoms with Gasteiger partial charge in [0.15, 0.2) is 5.58 Å². The van der Waals surface area contributed by atoms with Crippen LogP contribution in [0, 0.1) is 0 Å². The monoisotopic (exact) mass is 404 g/mol. The van der Waals surface area contributed by atoms with Gasteiger partial charge in [-0.3, -0.25) is 4.79 Å². The Balaban J connectivity index is 1.39. The second kappa shape index (κ2) is 8.28. The third kappa shape index (κ3) is 3.96. The first-order valence-corrected chi connectivity index (χ1v) is 10.1. The number of oxazole rings is 1.